The highest BCUT2D eigenvalue weighted by molar-refractivity contribution is 6.23. The second-order valence-electron chi connectivity index (χ2n) is 8.58. The van der Waals surface area contributed by atoms with Crippen LogP contribution >= 0.6 is 0 Å². The van der Waals surface area contributed by atoms with Crippen molar-refractivity contribution in [3.05, 3.63) is 107 Å². The largest absolute Gasteiger partial charge is 0.478 e. The summed E-state index contributed by atoms with van der Waals surface area (Å²) in [6, 6.07) is 25.6. The zero-order valence-electron chi connectivity index (χ0n) is 19.5. The van der Waals surface area contributed by atoms with Gasteiger partial charge in [0.2, 0.25) is 0 Å². The van der Waals surface area contributed by atoms with E-state index in [4.69, 9.17) is 20.4 Å². The van der Waals surface area contributed by atoms with Gasteiger partial charge < -0.3 is 20.4 Å². The first-order valence-corrected chi connectivity index (χ1v) is 11.3. The van der Waals surface area contributed by atoms with Gasteiger partial charge in [-0.05, 0) is 56.6 Å². The van der Waals surface area contributed by atoms with Crippen molar-refractivity contribution >= 4 is 67.0 Å². The maximum Gasteiger partial charge on any atom is 0.336 e. The smallest absolute Gasteiger partial charge is 0.336 e. The average molecular weight is 506 g/mol. The van der Waals surface area contributed by atoms with Crippen molar-refractivity contribution in [2.24, 2.45) is 0 Å². The van der Waals surface area contributed by atoms with Crippen LogP contribution in [0.3, 0.4) is 0 Å². The maximum absolute atomic E-state index is 11.3. The molecule has 0 atom stereocenters. The van der Waals surface area contributed by atoms with E-state index in [-0.39, 0.29) is 0 Å². The van der Waals surface area contributed by atoms with Crippen LogP contribution in [0.4, 0.5) is 0 Å². The highest BCUT2D eigenvalue weighted by atomic mass is 16.4. The lowest BCUT2D eigenvalue weighted by Crippen LogP contribution is -2.11. The van der Waals surface area contributed by atoms with Crippen LogP contribution in [0.15, 0.2) is 84.9 Å². The lowest BCUT2D eigenvalue weighted by molar-refractivity contribution is 0.0675. The van der Waals surface area contributed by atoms with Crippen LogP contribution in [-0.2, 0) is 0 Å². The van der Waals surface area contributed by atoms with Crippen LogP contribution in [0.5, 0.6) is 0 Å². The summed E-state index contributed by atoms with van der Waals surface area (Å²) in [5.74, 6) is -5.97. The number of aromatic carboxylic acids is 4. The molecule has 6 rings (SSSR count). The predicted octanol–water partition coefficient (Wildman–Crippen LogP) is 6.22. The number of rotatable bonds is 4. The Bertz CT molecular complexity index is 1670. The molecule has 8 heteroatoms. The summed E-state index contributed by atoms with van der Waals surface area (Å²) in [6.45, 7) is 0. The quantitative estimate of drug-likeness (QED) is 0.206. The van der Waals surface area contributed by atoms with E-state index >= 15 is 0 Å². The van der Waals surface area contributed by atoms with E-state index in [1.807, 2.05) is 0 Å². The fourth-order valence-corrected chi connectivity index (χ4v) is 4.88. The molecule has 0 radical (unpaired) electrons. The molecule has 0 amide bonds. The van der Waals surface area contributed by atoms with Crippen molar-refractivity contribution in [1.29, 1.82) is 0 Å². The molecule has 186 valence electrons. The van der Waals surface area contributed by atoms with E-state index in [1.165, 1.54) is 32.3 Å². The first-order valence-electron chi connectivity index (χ1n) is 11.3. The number of carboxylic acid groups (broad SMARTS) is 4. The summed E-state index contributed by atoms with van der Waals surface area (Å²) in [7, 11) is 0. The van der Waals surface area contributed by atoms with Gasteiger partial charge in [-0.3, -0.25) is 0 Å². The molecule has 0 saturated carbocycles. The molecule has 0 aliphatic carbocycles. The molecule has 38 heavy (non-hydrogen) atoms. The van der Waals surface area contributed by atoms with Gasteiger partial charge in [0, 0.05) is 10.8 Å². The van der Waals surface area contributed by atoms with E-state index in [0.717, 1.165) is 24.3 Å². The van der Waals surface area contributed by atoms with Crippen molar-refractivity contribution in [2.45, 2.75) is 0 Å². The van der Waals surface area contributed by atoms with Gasteiger partial charge in [0.1, 0.15) is 0 Å². The van der Waals surface area contributed by atoms with E-state index in [9.17, 15) is 19.2 Å². The molecule has 0 bridgehead atoms. The molecule has 0 unspecified atom stereocenters. The Morgan fingerprint density at radius 1 is 0.342 bits per heavy atom. The third-order valence-corrected chi connectivity index (χ3v) is 6.48. The monoisotopic (exact) mass is 506 g/mol. The van der Waals surface area contributed by atoms with Crippen molar-refractivity contribution in [3.63, 3.8) is 0 Å². The van der Waals surface area contributed by atoms with Crippen molar-refractivity contribution in [3.8, 4) is 0 Å². The van der Waals surface area contributed by atoms with Gasteiger partial charge in [-0.15, -0.1) is 0 Å². The minimum atomic E-state index is -1.49. The molecule has 0 heterocycles. The van der Waals surface area contributed by atoms with Crippen molar-refractivity contribution in [1.82, 2.24) is 0 Å². The summed E-state index contributed by atoms with van der Waals surface area (Å²) >= 11 is 0. The molecular weight excluding hydrogens is 488 g/mol. The van der Waals surface area contributed by atoms with Crippen molar-refractivity contribution in [2.75, 3.05) is 0 Å². The Balaban J connectivity index is 0.000000161. The van der Waals surface area contributed by atoms with Crippen LogP contribution in [0.2, 0.25) is 0 Å². The molecule has 0 aromatic heterocycles. The Morgan fingerprint density at radius 3 is 0.789 bits per heavy atom. The second kappa shape index (κ2) is 9.18. The summed E-state index contributed by atoms with van der Waals surface area (Å²) in [4.78, 5) is 45.1. The van der Waals surface area contributed by atoms with E-state index in [1.54, 1.807) is 0 Å². The first-order chi connectivity index (χ1) is 18.2. The summed E-state index contributed by atoms with van der Waals surface area (Å²) in [5.41, 5.74) is -1.94. The molecule has 8 nitrogen and oxygen atoms in total. The molecule has 0 fully saturated rings. The summed E-state index contributed by atoms with van der Waals surface area (Å²) < 4.78 is 0. The molecule has 0 saturated heterocycles. The fraction of sp³-hybridized carbons (Fsp3) is 0. The molecule has 6 aromatic rings. The Kier molecular flexibility index (Phi) is 5.85. The van der Waals surface area contributed by atoms with Gasteiger partial charge in [-0.1, -0.05) is 60.7 Å². The Labute approximate surface area is 213 Å². The predicted molar refractivity (Wildman–Crippen MR) is 142 cm³/mol. The van der Waals surface area contributed by atoms with Gasteiger partial charge >= 0.3 is 23.9 Å². The number of carbonyl (C=O) groups is 4. The fourth-order valence-electron chi connectivity index (χ4n) is 4.88. The number of hydrogen-bond donors (Lipinski definition) is 4. The van der Waals surface area contributed by atoms with Gasteiger partial charge in [0.25, 0.3) is 0 Å². The highest BCUT2D eigenvalue weighted by Crippen LogP contribution is 2.34. The SMILES string of the molecule is O=C(O)c1ccc(C(=O)O)c2c(C(=O)O)ccc(C(=O)O)c12.c1cc2ccc3cccc4ccc(c1)c2c34. The summed E-state index contributed by atoms with van der Waals surface area (Å²) in [6.07, 6.45) is 0. The number of benzene rings is 6. The Morgan fingerprint density at radius 2 is 0.579 bits per heavy atom. The average Bonchev–Trinajstić information content (AvgIpc) is 2.90. The van der Waals surface area contributed by atoms with Crippen LogP contribution in [0.25, 0.3) is 43.1 Å². The maximum atomic E-state index is 11.3. The first kappa shape index (κ1) is 24.2. The third kappa shape index (κ3) is 3.90. The second-order valence-corrected chi connectivity index (χ2v) is 8.58. The van der Waals surface area contributed by atoms with E-state index < -0.39 is 56.9 Å². The van der Waals surface area contributed by atoms with Crippen LogP contribution in [-0.4, -0.2) is 44.3 Å². The van der Waals surface area contributed by atoms with Crippen LogP contribution in [0, 0.1) is 0 Å². The van der Waals surface area contributed by atoms with Crippen LogP contribution < -0.4 is 0 Å². The standard InChI is InChI=1S/C16H10.C14H8O8/c1-3-11-7-9-13-5-2-6-14-10-8-12(4-1)15(11)16(13)14;15-11(16)5-1-2-6(12(17)18)10-8(14(21)22)4-3-7(9(5)10)13(19)20/h1-10H;1-4H,(H,15,16)(H,17,18)(H,19,20)(H,21,22). The lowest BCUT2D eigenvalue weighted by Gasteiger charge is -2.11. The van der Waals surface area contributed by atoms with E-state index in [0.29, 0.717) is 0 Å². The zero-order chi connectivity index (χ0) is 27.1. The Hall–Kier alpha value is -5.50. The molecule has 0 aliphatic heterocycles. The number of carboxylic acids is 4. The molecular formula is C30H18O8. The van der Waals surface area contributed by atoms with Gasteiger partial charge in [0.05, 0.1) is 22.3 Å². The third-order valence-electron chi connectivity index (χ3n) is 6.48. The van der Waals surface area contributed by atoms with E-state index in [2.05, 4.69) is 60.7 Å². The number of fused-ring (bicyclic) bond motifs is 1. The highest BCUT2D eigenvalue weighted by Gasteiger charge is 2.25. The normalized spacial score (nSPS) is 10.9. The molecule has 0 aliphatic rings. The molecule has 0 spiro atoms. The molecule has 6 aromatic carbocycles. The van der Waals surface area contributed by atoms with Crippen LogP contribution in [0.1, 0.15) is 41.4 Å². The van der Waals surface area contributed by atoms with Gasteiger partial charge in [-0.25, -0.2) is 19.2 Å². The molecule has 4 N–H and O–H groups in total. The lowest BCUT2D eigenvalue weighted by atomic mass is 9.91. The minimum absolute atomic E-state index is 0.431. The topological polar surface area (TPSA) is 149 Å². The van der Waals surface area contributed by atoms with Gasteiger partial charge in [-0.2, -0.15) is 0 Å². The summed E-state index contributed by atoms with van der Waals surface area (Å²) in [5, 5.41) is 43.9. The zero-order valence-corrected chi connectivity index (χ0v) is 19.5. The minimum Gasteiger partial charge on any atom is -0.478 e. The van der Waals surface area contributed by atoms with Crippen molar-refractivity contribution < 1.29 is 39.6 Å². The van der Waals surface area contributed by atoms with Gasteiger partial charge in [0.15, 0.2) is 0 Å². The number of hydrogen-bond acceptors (Lipinski definition) is 4.